The molecule has 1 saturated carbocycles. The molecule has 1 aliphatic carbocycles. The highest BCUT2D eigenvalue weighted by Crippen LogP contribution is 2.29. The van der Waals surface area contributed by atoms with Gasteiger partial charge in [0.05, 0.1) is 5.92 Å². The second-order valence-electron chi connectivity index (χ2n) is 4.47. The Morgan fingerprint density at radius 3 is 2.57 bits per heavy atom. The van der Waals surface area contributed by atoms with E-state index in [-0.39, 0.29) is 11.9 Å². The zero-order valence-electron chi connectivity index (χ0n) is 8.79. The molecular weight excluding hydrogens is 176 g/mol. The van der Waals surface area contributed by atoms with Gasteiger partial charge in [-0.25, -0.2) is 0 Å². The summed E-state index contributed by atoms with van der Waals surface area (Å²) in [6.45, 7) is 2.49. The van der Waals surface area contributed by atoms with Gasteiger partial charge in [-0.15, -0.1) is 0 Å². The first-order valence-electron chi connectivity index (χ1n) is 5.64. The van der Waals surface area contributed by atoms with E-state index in [2.05, 4.69) is 6.08 Å². The smallest absolute Gasteiger partial charge is 0.313 e. The van der Waals surface area contributed by atoms with Gasteiger partial charge in [0.15, 0.2) is 0 Å². The molecular formula is C12H18O2. The molecule has 1 heterocycles. The topological polar surface area (TPSA) is 26.3 Å². The highest BCUT2D eigenvalue weighted by atomic mass is 16.5. The van der Waals surface area contributed by atoms with Crippen LogP contribution in [0, 0.1) is 11.8 Å². The van der Waals surface area contributed by atoms with E-state index in [0.717, 1.165) is 0 Å². The number of cyclic esters (lactones) is 1. The summed E-state index contributed by atoms with van der Waals surface area (Å²) in [5.74, 6) is 0.666. The van der Waals surface area contributed by atoms with Gasteiger partial charge in [0.25, 0.3) is 0 Å². The van der Waals surface area contributed by atoms with Crippen LogP contribution in [0.1, 0.15) is 39.0 Å². The molecule has 0 N–H and O–H groups in total. The molecule has 1 unspecified atom stereocenters. The van der Waals surface area contributed by atoms with Crippen LogP contribution in [0.3, 0.4) is 0 Å². The Bertz CT molecular complexity index is 249. The van der Waals surface area contributed by atoms with Gasteiger partial charge >= 0.3 is 5.97 Å². The summed E-state index contributed by atoms with van der Waals surface area (Å²) >= 11 is 0. The second-order valence-corrected chi connectivity index (χ2v) is 4.47. The summed E-state index contributed by atoms with van der Waals surface area (Å²) in [7, 11) is 0. The molecule has 14 heavy (non-hydrogen) atoms. The fourth-order valence-electron chi connectivity index (χ4n) is 2.35. The first-order valence-corrected chi connectivity index (χ1v) is 5.64. The molecule has 78 valence electrons. The van der Waals surface area contributed by atoms with Crippen LogP contribution >= 0.6 is 0 Å². The van der Waals surface area contributed by atoms with E-state index in [9.17, 15) is 4.79 Å². The summed E-state index contributed by atoms with van der Waals surface area (Å²) < 4.78 is 5.01. The summed E-state index contributed by atoms with van der Waals surface area (Å²) in [6, 6.07) is 0. The third kappa shape index (κ3) is 1.99. The average Bonchev–Trinajstić information content (AvgIpc) is 2.52. The predicted molar refractivity (Wildman–Crippen MR) is 54.8 cm³/mol. The van der Waals surface area contributed by atoms with E-state index in [1.165, 1.54) is 37.7 Å². The number of ether oxygens (including phenoxy) is 1. The monoisotopic (exact) mass is 194 g/mol. The maximum absolute atomic E-state index is 11.2. The molecule has 0 bridgehead atoms. The van der Waals surface area contributed by atoms with Crippen molar-refractivity contribution in [2.45, 2.75) is 39.0 Å². The molecule has 1 saturated heterocycles. The molecule has 1 aliphatic heterocycles. The second kappa shape index (κ2) is 4.16. The van der Waals surface area contributed by atoms with Crippen LogP contribution in [-0.2, 0) is 9.53 Å². The zero-order valence-corrected chi connectivity index (χ0v) is 8.79. The van der Waals surface area contributed by atoms with Crippen LogP contribution in [0.15, 0.2) is 11.6 Å². The van der Waals surface area contributed by atoms with E-state index in [4.69, 9.17) is 4.74 Å². The van der Waals surface area contributed by atoms with Crippen molar-refractivity contribution < 1.29 is 9.53 Å². The summed E-state index contributed by atoms with van der Waals surface area (Å²) in [5.41, 5.74) is 1.21. The van der Waals surface area contributed by atoms with Gasteiger partial charge in [0, 0.05) is 0 Å². The number of hydrogen-bond donors (Lipinski definition) is 0. The van der Waals surface area contributed by atoms with Gasteiger partial charge in [0.2, 0.25) is 0 Å². The van der Waals surface area contributed by atoms with Crippen LogP contribution in [0.25, 0.3) is 0 Å². The van der Waals surface area contributed by atoms with E-state index < -0.39 is 0 Å². The Balaban J connectivity index is 1.99. The molecule has 1 atom stereocenters. The van der Waals surface area contributed by atoms with Crippen molar-refractivity contribution in [3.8, 4) is 0 Å². The minimum atomic E-state index is -0.0490. The Hall–Kier alpha value is -0.790. The number of carbonyl (C=O) groups is 1. The highest BCUT2D eigenvalue weighted by Gasteiger charge is 2.27. The minimum Gasteiger partial charge on any atom is -0.461 e. The van der Waals surface area contributed by atoms with Crippen molar-refractivity contribution in [1.29, 1.82) is 0 Å². The van der Waals surface area contributed by atoms with Gasteiger partial charge in [-0.3, -0.25) is 4.79 Å². The Morgan fingerprint density at radius 1 is 1.29 bits per heavy atom. The van der Waals surface area contributed by atoms with Crippen LogP contribution in [0.5, 0.6) is 0 Å². The van der Waals surface area contributed by atoms with Crippen molar-refractivity contribution in [3.63, 3.8) is 0 Å². The van der Waals surface area contributed by atoms with Gasteiger partial charge in [0.1, 0.15) is 6.61 Å². The first-order chi connectivity index (χ1) is 6.77. The minimum absolute atomic E-state index is 0.0110. The number of allylic oxidation sites excluding steroid dienone is 1. The normalized spacial score (nSPS) is 32.2. The number of esters is 1. The van der Waals surface area contributed by atoms with Crippen LogP contribution in [-0.4, -0.2) is 12.6 Å². The molecule has 0 aromatic heterocycles. The van der Waals surface area contributed by atoms with Crippen molar-refractivity contribution in [2.75, 3.05) is 6.61 Å². The molecule has 2 fully saturated rings. The summed E-state index contributed by atoms with van der Waals surface area (Å²) in [4.78, 5) is 11.2. The SMILES string of the molecule is CC1C(=O)OCC1=CC1CCCCC1. The number of rotatable bonds is 1. The average molecular weight is 194 g/mol. The van der Waals surface area contributed by atoms with Crippen molar-refractivity contribution >= 4 is 5.97 Å². The molecule has 0 radical (unpaired) electrons. The highest BCUT2D eigenvalue weighted by molar-refractivity contribution is 5.78. The lowest BCUT2D eigenvalue weighted by atomic mass is 9.86. The van der Waals surface area contributed by atoms with E-state index in [1.807, 2.05) is 6.92 Å². The lowest BCUT2D eigenvalue weighted by Gasteiger charge is -2.18. The Kier molecular flexibility index (Phi) is 2.90. The van der Waals surface area contributed by atoms with Crippen LogP contribution < -0.4 is 0 Å². The fraction of sp³-hybridized carbons (Fsp3) is 0.750. The van der Waals surface area contributed by atoms with E-state index in [0.29, 0.717) is 12.5 Å². The first kappa shape index (κ1) is 9.75. The molecule has 0 spiro atoms. The van der Waals surface area contributed by atoms with Crippen molar-refractivity contribution in [1.82, 2.24) is 0 Å². The van der Waals surface area contributed by atoms with Gasteiger partial charge < -0.3 is 4.74 Å². The maximum atomic E-state index is 11.2. The van der Waals surface area contributed by atoms with Crippen LogP contribution in [0.2, 0.25) is 0 Å². The Morgan fingerprint density at radius 2 is 2.00 bits per heavy atom. The lowest BCUT2D eigenvalue weighted by Crippen LogP contribution is -2.07. The molecule has 2 rings (SSSR count). The van der Waals surface area contributed by atoms with Crippen molar-refractivity contribution in [2.24, 2.45) is 11.8 Å². The Labute approximate surface area is 85.3 Å². The molecule has 2 heteroatoms. The quantitative estimate of drug-likeness (QED) is 0.474. The fourth-order valence-corrected chi connectivity index (χ4v) is 2.35. The van der Waals surface area contributed by atoms with E-state index in [1.54, 1.807) is 0 Å². The molecule has 0 aromatic carbocycles. The summed E-state index contributed by atoms with van der Waals surface area (Å²) in [5, 5.41) is 0. The maximum Gasteiger partial charge on any atom is 0.313 e. The van der Waals surface area contributed by atoms with E-state index >= 15 is 0 Å². The summed E-state index contributed by atoms with van der Waals surface area (Å²) in [6.07, 6.45) is 8.96. The lowest BCUT2D eigenvalue weighted by molar-refractivity contribution is -0.140. The largest absolute Gasteiger partial charge is 0.461 e. The molecule has 2 nitrogen and oxygen atoms in total. The predicted octanol–water partition coefficient (Wildman–Crippen LogP) is 2.69. The van der Waals surface area contributed by atoms with Crippen LogP contribution in [0.4, 0.5) is 0 Å². The molecule has 2 aliphatic rings. The van der Waals surface area contributed by atoms with Gasteiger partial charge in [-0.05, 0) is 31.3 Å². The number of carbonyl (C=O) groups excluding carboxylic acids is 1. The zero-order chi connectivity index (χ0) is 9.97. The standard InChI is InChI=1S/C12H18O2/c1-9-11(8-14-12(9)13)7-10-5-3-2-4-6-10/h7,9-10H,2-6,8H2,1H3. The van der Waals surface area contributed by atoms with Gasteiger partial charge in [-0.2, -0.15) is 0 Å². The molecule has 0 aromatic rings. The third-order valence-electron chi connectivity index (χ3n) is 3.39. The van der Waals surface area contributed by atoms with Crippen molar-refractivity contribution in [3.05, 3.63) is 11.6 Å². The van der Waals surface area contributed by atoms with Gasteiger partial charge in [-0.1, -0.05) is 25.3 Å². The number of hydrogen-bond acceptors (Lipinski definition) is 2. The molecule has 0 amide bonds. The third-order valence-corrected chi connectivity index (χ3v) is 3.39.